The molecule has 11 heteroatoms. The Morgan fingerprint density at radius 2 is 1.78 bits per heavy atom. The number of rotatable bonds is 6. The van der Waals surface area contributed by atoms with Gasteiger partial charge in [-0.15, -0.1) is 11.8 Å². The molecule has 1 aromatic heterocycles. The van der Waals surface area contributed by atoms with Gasteiger partial charge in [-0.3, -0.25) is 9.36 Å². The first-order chi connectivity index (χ1) is 19.5. The number of nitrogens with two attached hydrogens (primary N) is 1. The van der Waals surface area contributed by atoms with Gasteiger partial charge in [0.05, 0.1) is 35.3 Å². The Bertz CT molecular complexity index is 1710. The van der Waals surface area contributed by atoms with Gasteiger partial charge in [0.15, 0.2) is 11.6 Å². The van der Waals surface area contributed by atoms with Crippen LogP contribution in [0, 0.1) is 18.6 Å². The van der Waals surface area contributed by atoms with Crippen molar-refractivity contribution in [1.29, 1.82) is 0 Å². The number of nitrogens with zero attached hydrogens (tertiary/aromatic N) is 1. The second kappa shape index (κ2) is 11.2. The molecule has 214 valence electrons. The van der Waals surface area contributed by atoms with Crippen molar-refractivity contribution >= 4 is 23.4 Å². The number of benzene rings is 3. The van der Waals surface area contributed by atoms with Crippen LogP contribution in [0.25, 0.3) is 11.1 Å². The summed E-state index contributed by atoms with van der Waals surface area (Å²) in [5.41, 5.74) is 5.30. The van der Waals surface area contributed by atoms with Crippen molar-refractivity contribution < 1.29 is 26.7 Å². The molecular formula is C30H24ClF5N2O2S. The molecule has 0 saturated heterocycles. The minimum Gasteiger partial charge on any atom is -0.494 e. The van der Waals surface area contributed by atoms with Crippen molar-refractivity contribution in [3.05, 3.63) is 115 Å². The fourth-order valence-electron chi connectivity index (χ4n) is 5.31. The zero-order valence-corrected chi connectivity index (χ0v) is 23.4. The molecule has 2 heterocycles. The van der Waals surface area contributed by atoms with Gasteiger partial charge >= 0.3 is 6.18 Å². The van der Waals surface area contributed by atoms with Crippen LogP contribution in [0.2, 0.25) is 5.02 Å². The van der Waals surface area contributed by atoms with Crippen molar-refractivity contribution in [3.8, 4) is 16.9 Å². The molecule has 0 saturated carbocycles. The number of pyridine rings is 1. The third-order valence-corrected chi connectivity index (χ3v) is 8.94. The van der Waals surface area contributed by atoms with Gasteiger partial charge in [0, 0.05) is 28.3 Å². The van der Waals surface area contributed by atoms with Crippen LogP contribution >= 0.6 is 23.4 Å². The number of aromatic nitrogens is 1. The Balaban J connectivity index is 1.79. The predicted molar refractivity (Wildman–Crippen MR) is 150 cm³/mol. The van der Waals surface area contributed by atoms with Crippen molar-refractivity contribution in [2.24, 2.45) is 5.73 Å². The second-order valence-corrected chi connectivity index (χ2v) is 11.1. The molecular weight excluding hydrogens is 583 g/mol. The standard InChI is InChI=1S/C30H24ClF5N2O2S/c1-15-18(13-19-20(30(34,35)36)9-6-11-22(19)32)29-38(23(14-41-29)27(37)16-7-3-4-10-21(16)31)28(39)25(15)17-8-5-12-24(40-2)26(17)33/h3-12,23,27H,13-14,37H2,1-2H3/t23-,27?/m0/s1. The van der Waals surface area contributed by atoms with E-state index in [1.165, 1.54) is 48.6 Å². The zero-order chi connectivity index (χ0) is 29.6. The fraction of sp³-hybridized carbons (Fsp3) is 0.233. The highest BCUT2D eigenvalue weighted by Gasteiger charge is 2.38. The average Bonchev–Trinajstić information content (AvgIpc) is 3.37. The Labute approximate surface area is 241 Å². The summed E-state index contributed by atoms with van der Waals surface area (Å²) in [7, 11) is 1.28. The zero-order valence-electron chi connectivity index (χ0n) is 21.9. The van der Waals surface area contributed by atoms with Gasteiger partial charge in [-0.2, -0.15) is 13.2 Å². The number of thioether (sulfide) groups is 1. The largest absolute Gasteiger partial charge is 0.494 e. The SMILES string of the molecule is COc1cccc(-c2c(C)c(Cc3c(F)cccc3C(F)(F)F)c3n(c2=O)[C@H](C(N)c2ccccc2Cl)CS3)c1F. The van der Waals surface area contributed by atoms with Crippen LogP contribution in [0.5, 0.6) is 5.75 Å². The van der Waals surface area contributed by atoms with Crippen LogP contribution in [0.4, 0.5) is 22.0 Å². The molecule has 2 N–H and O–H groups in total. The lowest BCUT2D eigenvalue weighted by atomic mass is 9.91. The van der Waals surface area contributed by atoms with Crippen molar-refractivity contribution in [2.75, 3.05) is 12.9 Å². The molecule has 3 aromatic carbocycles. The number of hydrogen-bond donors (Lipinski definition) is 1. The minimum atomic E-state index is -4.82. The Morgan fingerprint density at radius 1 is 1.07 bits per heavy atom. The third-order valence-electron chi connectivity index (χ3n) is 7.37. The molecule has 41 heavy (non-hydrogen) atoms. The molecule has 0 bridgehead atoms. The number of halogens is 6. The van der Waals surface area contributed by atoms with Crippen molar-refractivity contribution in [1.82, 2.24) is 4.57 Å². The summed E-state index contributed by atoms with van der Waals surface area (Å²) < 4.78 is 78.8. The third kappa shape index (κ3) is 5.13. The number of fused-ring (bicyclic) bond motifs is 1. The summed E-state index contributed by atoms with van der Waals surface area (Å²) in [6, 6.07) is 12.5. The summed E-state index contributed by atoms with van der Waals surface area (Å²) in [5, 5.41) is 0.738. The first kappa shape index (κ1) is 29.2. The van der Waals surface area contributed by atoms with E-state index in [2.05, 4.69) is 0 Å². The highest BCUT2D eigenvalue weighted by atomic mass is 35.5. The maximum Gasteiger partial charge on any atom is 0.416 e. The number of ether oxygens (including phenoxy) is 1. The van der Waals surface area contributed by atoms with Gasteiger partial charge in [-0.05, 0) is 47.9 Å². The molecule has 0 aliphatic carbocycles. The highest BCUT2D eigenvalue weighted by Crippen LogP contribution is 2.45. The molecule has 2 atom stereocenters. The van der Waals surface area contributed by atoms with E-state index in [4.69, 9.17) is 22.1 Å². The van der Waals surface area contributed by atoms with Gasteiger partial charge in [0.1, 0.15) is 5.82 Å². The number of alkyl halides is 3. The summed E-state index contributed by atoms with van der Waals surface area (Å²) >= 11 is 7.63. The van der Waals surface area contributed by atoms with Crippen LogP contribution in [-0.4, -0.2) is 17.4 Å². The lowest BCUT2D eigenvalue weighted by molar-refractivity contribution is -0.138. The van der Waals surface area contributed by atoms with Gasteiger partial charge in [0.2, 0.25) is 0 Å². The molecule has 0 amide bonds. The van der Waals surface area contributed by atoms with E-state index in [0.29, 0.717) is 21.4 Å². The molecule has 4 aromatic rings. The van der Waals surface area contributed by atoms with E-state index in [1.54, 1.807) is 24.3 Å². The van der Waals surface area contributed by atoms with E-state index in [-0.39, 0.29) is 28.0 Å². The smallest absolute Gasteiger partial charge is 0.416 e. The molecule has 0 spiro atoms. The van der Waals surface area contributed by atoms with Crippen molar-refractivity contribution in [2.45, 2.75) is 36.6 Å². The van der Waals surface area contributed by atoms with Crippen LogP contribution in [0.15, 0.2) is 70.5 Å². The summed E-state index contributed by atoms with van der Waals surface area (Å²) in [4.78, 5) is 14.2. The molecule has 1 aliphatic rings. The van der Waals surface area contributed by atoms with Crippen LogP contribution < -0.4 is 16.0 Å². The van der Waals surface area contributed by atoms with Gasteiger partial charge in [0.25, 0.3) is 5.56 Å². The molecule has 1 unspecified atom stereocenters. The lowest BCUT2D eigenvalue weighted by Gasteiger charge is -2.25. The van der Waals surface area contributed by atoms with E-state index < -0.39 is 53.0 Å². The quantitative estimate of drug-likeness (QED) is 0.228. The first-order valence-corrected chi connectivity index (χ1v) is 13.9. The van der Waals surface area contributed by atoms with Crippen LogP contribution in [0.1, 0.15) is 39.9 Å². The molecule has 5 rings (SSSR count). The van der Waals surface area contributed by atoms with Gasteiger partial charge in [-0.25, -0.2) is 8.78 Å². The lowest BCUT2D eigenvalue weighted by Crippen LogP contribution is -2.33. The Morgan fingerprint density at radius 3 is 2.46 bits per heavy atom. The Hall–Kier alpha value is -3.34. The summed E-state index contributed by atoms with van der Waals surface area (Å²) in [5.74, 6) is -1.66. The first-order valence-electron chi connectivity index (χ1n) is 12.5. The average molecular weight is 607 g/mol. The maximum atomic E-state index is 15.6. The normalized spacial score (nSPS) is 15.6. The number of hydrogen-bond acceptors (Lipinski definition) is 4. The van der Waals surface area contributed by atoms with Crippen LogP contribution in [-0.2, 0) is 12.6 Å². The number of methoxy groups -OCH3 is 1. The van der Waals surface area contributed by atoms with E-state index in [1.807, 2.05) is 0 Å². The predicted octanol–water partition coefficient (Wildman–Crippen LogP) is 7.72. The van der Waals surface area contributed by atoms with Crippen molar-refractivity contribution in [3.63, 3.8) is 0 Å². The summed E-state index contributed by atoms with van der Waals surface area (Å²) in [6.45, 7) is 1.53. The van der Waals surface area contributed by atoms with Gasteiger partial charge in [-0.1, -0.05) is 48.0 Å². The second-order valence-electron chi connectivity index (χ2n) is 9.65. The van der Waals surface area contributed by atoms with Gasteiger partial charge < -0.3 is 10.5 Å². The molecule has 0 fully saturated rings. The van der Waals surface area contributed by atoms with Crippen LogP contribution in [0.3, 0.4) is 0 Å². The minimum absolute atomic E-state index is 0.0658. The topological polar surface area (TPSA) is 57.2 Å². The van der Waals surface area contributed by atoms with E-state index in [0.717, 1.165) is 18.2 Å². The maximum absolute atomic E-state index is 15.6. The summed E-state index contributed by atoms with van der Waals surface area (Å²) in [6.07, 6.45) is -5.30. The highest BCUT2D eigenvalue weighted by molar-refractivity contribution is 7.99. The van der Waals surface area contributed by atoms with E-state index in [9.17, 15) is 22.4 Å². The molecule has 0 radical (unpaired) electrons. The molecule has 1 aliphatic heterocycles. The monoisotopic (exact) mass is 606 g/mol. The molecule has 4 nitrogen and oxygen atoms in total. The fourth-order valence-corrected chi connectivity index (χ4v) is 7.01. The Kier molecular flexibility index (Phi) is 7.93. The van der Waals surface area contributed by atoms with E-state index >= 15 is 4.39 Å².